The fourth-order valence-electron chi connectivity index (χ4n) is 2.27. The summed E-state index contributed by atoms with van der Waals surface area (Å²) in [7, 11) is 1.73. The molecule has 1 nitrogen and oxygen atoms in total. The van der Waals surface area contributed by atoms with Crippen molar-refractivity contribution >= 4 is 0 Å². The maximum atomic E-state index is 5.26. The van der Waals surface area contributed by atoms with Crippen molar-refractivity contribution in [2.75, 3.05) is 7.11 Å². The lowest BCUT2D eigenvalue weighted by Gasteiger charge is -2.20. The Morgan fingerprint density at radius 1 is 1.29 bits per heavy atom. The Bertz CT molecular complexity index is 324. The Kier molecular flexibility index (Phi) is 2.26. The number of hydrogen-bond donors (Lipinski definition) is 0. The Hall–Kier alpha value is -0.980. The van der Waals surface area contributed by atoms with Crippen LogP contribution in [0.5, 0.6) is 5.75 Å². The number of hydrogen-bond acceptors (Lipinski definition) is 1. The molecule has 1 saturated carbocycles. The molecule has 1 aromatic rings. The van der Waals surface area contributed by atoms with Gasteiger partial charge in [0.2, 0.25) is 0 Å². The van der Waals surface area contributed by atoms with Crippen LogP contribution in [0.25, 0.3) is 0 Å². The Morgan fingerprint density at radius 3 is 2.50 bits per heavy atom. The van der Waals surface area contributed by atoms with Crippen LogP contribution >= 0.6 is 0 Å². The minimum atomic E-state index is 0.453. The van der Waals surface area contributed by atoms with Gasteiger partial charge in [-0.3, -0.25) is 0 Å². The molecule has 0 aliphatic heterocycles. The molecular formula is C13H18O. The van der Waals surface area contributed by atoms with Gasteiger partial charge in [0.05, 0.1) is 7.11 Å². The van der Waals surface area contributed by atoms with Crippen molar-refractivity contribution < 1.29 is 4.74 Å². The van der Waals surface area contributed by atoms with Gasteiger partial charge in [0, 0.05) is 0 Å². The summed E-state index contributed by atoms with van der Waals surface area (Å²) in [6.45, 7) is 4.62. The van der Waals surface area contributed by atoms with Crippen molar-refractivity contribution in [3.05, 3.63) is 29.8 Å². The average molecular weight is 190 g/mol. The van der Waals surface area contributed by atoms with Crippen LogP contribution in [0.4, 0.5) is 0 Å². The number of methoxy groups -OCH3 is 1. The molecule has 1 aromatic carbocycles. The molecule has 0 saturated heterocycles. The molecule has 2 rings (SSSR count). The minimum Gasteiger partial charge on any atom is -0.497 e. The Morgan fingerprint density at radius 2 is 2.00 bits per heavy atom. The Balaban J connectivity index is 2.32. The third-order valence-corrected chi connectivity index (χ3v) is 3.54. The third-order valence-electron chi connectivity index (χ3n) is 3.54. The summed E-state index contributed by atoms with van der Waals surface area (Å²) in [5.74, 6) is 1.71. The van der Waals surface area contributed by atoms with E-state index in [1.165, 1.54) is 18.4 Å². The second-order valence-corrected chi connectivity index (χ2v) is 4.54. The molecule has 0 unspecified atom stereocenters. The molecule has 1 heteroatoms. The molecule has 0 heterocycles. The standard InChI is InChI=1S/C13H18O/c1-10(2)13(7-8-13)11-5-4-6-12(9-11)14-3/h4-6,9-10H,7-8H2,1-3H3. The van der Waals surface area contributed by atoms with Crippen molar-refractivity contribution in [1.29, 1.82) is 0 Å². The average Bonchev–Trinajstić information content (AvgIpc) is 2.98. The molecule has 0 amide bonds. The van der Waals surface area contributed by atoms with Gasteiger partial charge in [0.15, 0.2) is 0 Å². The summed E-state index contributed by atoms with van der Waals surface area (Å²) >= 11 is 0. The van der Waals surface area contributed by atoms with Gasteiger partial charge in [-0.25, -0.2) is 0 Å². The van der Waals surface area contributed by atoms with Gasteiger partial charge in [-0.2, -0.15) is 0 Å². The van der Waals surface area contributed by atoms with Gasteiger partial charge < -0.3 is 4.74 Å². The normalized spacial score (nSPS) is 18.3. The molecule has 0 radical (unpaired) electrons. The van der Waals surface area contributed by atoms with Crippen LogP contribution in [-0.4, -0.2) is 7.11 Å². The molecule has 0 N–H and O–H groups in total. The topological polar surface area (TPSA) is 9.23 Å². The molecule has 1 fully saturated rings. The van der Waals surface area contributed by atoms with Gasteiger partial charge in [-0.1, -0.05) is 26.0 Å². The van der Waals surface area contributed by atoms with Crippen LogP contribution < -0.4 is 4.74 Å². The quantitative estimate of drug-likeness (QED) is 0.710. The lowest BCUT2D eigenvalue weighted by atomic mass is 9.85. The first-order chi connectivity index (χ1) is 6.69. The van der Waals surface area contributed by atoms with Gasteiger partial charge >= 0.3 is 0 Å². The zero-order chi connectivity index (χ0) is 10.2. The van der Waals surface area contributed by atoms with Crippen LogP contribution in [-0.2, 0) is 5.41 Å². The zero-order valence-electron chi connectivity index (χ0n) is 9.21. The van der Waals surface area contributed by atoms with Crippen LogP contribution in [0, 0.1) is 5.92 Å². The highest BCUT2D eigenvalue weighted by Crippen LogP contribution is 2.54. The molecule has 0 atom stereocenters. The fraction of sp³-hybridized carbons (Fsp3) is 0.538. The maximum absolute atomic E-state index is 5.26. The highest BCUT2D eigenvalue weighted by molar-refractivity contribution is 5.37. The number of ether oxygens (including phenoxy) is 1. The summed E-state index contributed by atoms with van der Waals surface area (Å²) in [6.07, 6.45) is 2.66. The molecule has 1 aliphatic rings. The largest absolute Gasteiger partial charge is 0.497 e. The first kappa shape index (κ1) is 9.57. The molecule has 0 bridgehead atoms. The zero-order valence-corrected chi connectivity index (χ0v) is 9.21. The van der Waals surface area contributed by atoms with Gasteiger partial charge in [-0.05, 0) is 41.9 Å². The smallest absolute Gasteiger partial charge is 0.119 e. The lowest BCUT2D eigenvalue weighted by Crippen LogP contribution is -2.14. The minimum absolute atomic E-state index is 0.453. The van der Waals surface area contributed by atoms with Crippen molar-refractivity contribution in [2.45, 2.75) is 32.1 Å². The highest BCUT2D eigenvalue weighted by Gasteiger charge is 2.46. The van der Waals surface area contributed by atoms with Crippen LogP contribution in [0.1, 0.15) is 32.3 Å². The molecule has 14 heavy (non-hydrogen) atoms. The van der Waals surface area contributed by atoms with E-state index in [0.29, 0.717) is 5.41 Å². The van der Waals surface area contributed by atoms with E-state index in [1.54, 1.807) is 7.11 Å². The first-order valence-electron chi connectivity index (χ1n) is 5.33. The summed E-state index contributed by atoms with van der Waals surface area (Å²) in [5.41, 5.74) is 1.90. The summed E-state index contributed by atoms with van der Waals surface area (Å²) < 4.78 is 5.26. The van der Waals surface area contributed by atoms with Crippen molar-refractivity contribution in [2.24, 2.45) is 5.92 Å². The third kappa shape index (κ3) is 1.41. The molecule has 0 spiro atoms. The second kappa shape index (κ2) is 3.30. The SMILES string of the molecule is COc1cccc(C2(C(C)C)CC2)c1. The molecular weight excluding hydrogens is 172 g/mol. The van der Waals surface area contributed by atoms with Gasteiger partial charge in [-0.15, -0.1) is 0 Å². The van der Waals surface area contributed by atoms with Crippen molar-refractivity contribution in [3.63, 3.8) is 0 Å². The lowest BCUT2D eigenvalue weighted by molar-refractivity contribution is 0.411. The highest BCUT2D eigenvalue weighted by atomic mass is 16.5. The van der Waals surface area contributed by atoms with Gasteiger partial charge in [0.25, 0.3) is 0 Å². The van der Waals surface area contributed by atoms with E-state index in [2.05, 4.69) is 32.0 Å². The van der Waals surface area contributed by atoms with Crippen LogP contribution in [0.15, 0.2) is 24.3 Å². The van der Waals surface area contributed by atoms with Crippen LogP contribution in [0.2, 0.25) is 0 Å². The Labute approximate surface area is 86.1 Å². The maximum Gasteiger partial charge on any atom is 0.119 e. The van der Waals surface area contributed by atoms with Crippen LogP contribution in [0.3, 0.4) is 0 Å². The molecule has 0 aromatic heterocycles. The van der Waals surface area contributed by atoms with Crippen molar-refractivity contribution in [1.82, 2.24) is 0 Å². The molecule has 1 aliphatic carbocycles. The summed E-state index contributed by atoms with van der Waals surface area (Å²) in [6, 6.07) is 8.53. The predicted molar refractivity (Wildman–Crippen MR) is 58.7 cm³/mol. The molecule has 76 valence electrons. The predicted octanol–water partition coefficient (Wildman–Crippen LogP) is 3.38. The van der Waals surface area contributed by atoms with E-state index in [4.69, 9.17) is 4.74 Å². The van der Waals surface area contributed by atoms with E-state index in [0.717, 1.165) is 11.7 Å². The summed E-state index contributed by atoms with van der Waals surface area (Å²) in [4.78, 5) is 0. The van der Waals surface area contributed by atoms with E-state index >= 15 is 0 Å². The van der Waals surface area contributed by atoms with Gasteiger partial charge in [0.1, 0.15) is 5.75 Å². The van der Waals surface area contributed by atoms with E-state index in [1.807, 2.05) is 6.07 Å². The summed E-state index contributed by atoms with van der Waals surface area (Å²) in [5, 5.41) is 0. The van der Waals surface area contributed by atoms with E-state index in [-0.39, 0.29) is 0 Å². The van der Waals surface area contributed by atoms with E-state index < -0.39 is 0 Å². The monoisotopic (exact) mass is 190 g/mol. The number of benzene rings is 1. The number of rotatable bonds is 3. The second-order valence-electron chi connectivity index (χ2n) is 4.54. The first-order valence-corrected chi connectivity index (χ1v) is 5.33. The van der Waals surface area contributed by atoms with E-state index in [9.17, 15) is 0 Å². The fourth-order valence-corrected chi connectivity index (χ4v) is 2.27. The van der Waals surface area contributed by atoms with Crippen molar-refractivity contribution in [3.8, 4) is 5.75 Å².